The van der Waals surface area contributed by atoms with Crippen LogP contribution in [0.2, 0.25) is 0 Å². The predicted octanol–water partition coefficient (Wildman–Crippen LogP) is 4.43. The van der Waals surface area contributed by atoms with E-state index in [1.807, 2.05) is 67.6 Å². The number of pyridine rings is 1. The summed E-state index contributed by atoms with van der Waals surface area (Å²) < 4.78 is 11.6. The van der Waals surface area contributed by atoms with Gasteiger partial charge in [-0.05, 0) is 30.2 Å². The van der Waals surface area contributed by atoms with Crippen LogP contribution in [-0.2, 0) is 9.47 Å². The number of benzene rings is 1. The summed E-state index contributed by atoms with van der Waals surface area (Å²) in [6.45, 7) is 7.04. The maximum absolute atomic E-state index is 5.82. The van der Waals surface area contributed by atoms with Gasteiger partial charge in [0.15, 0.2) is 0 Å². The van der Waals surface area contributed by atoms with Gasteiger partial charge in [0.05, 0.1) is 0 Å². The summed E-state index contributed by atoms with van der Waals surface area (Å²) >= 11 is 0. The Morgan fingerprint density at radius 3 is 2.41 bits per heavy atom. The Kier molecular flexibility index (Phi) is 5.66. The summed E-state index contributed by atoms with van der Waals surface area (Å²) in [6.07, 6.45) is 7.83. The zero-order chi connectivity index (χ0) is 20.1. The van der Waals surface area contributed by atoms with Crippen LogP contribution in [0.4, 0.5) is 0 Å². The van der Waals surface area contributed by atoms with Gasteiger partial charge in [0.25, 0.3) is 0 Å². The van der Waals surface area contributed by atoms with Crippen LogP contribution in [0.1, 0.15) is 29.9 Å². The van der Waals surface area contributed by atoms with E-state index in [0.717, 1.165) is 11.1 Å². The van der Waals surface area contributed by atoms with Crippen molar-refractivity contribution >= 4 is 11.8 Å². The molecule has 0 amide bonds. The van der Waals surface area contributed by atoms with Crippen LogP contribution in [0.25, 0.3) is 0 Å². The molecule has 0 saturated carbocycles. The van der Waals surface area contributed by atoms with E-state index in [-0.39, 0.29) is 12.1 Å². The minimum Gasteiger partial charge on any atom is -0.474 e. The third-order valence-corrected chi connectivity index (χ3v) is 4.72. The quantitative estimate of drug-likeness (QED) is 0.691. The van der Waals surface area contributed by atoms with Crippen LogP contribution in [-0.4, -0.2) is 36.0 Å². The summed E-state index contributed by atoms with van der Waals surface area (Å²) in [5.74, 6) is 1.07. The molecule has 1 aromatic heterocycles. The van der Waals surface area contributed by atoms with Gasteiger partial charge in [-0.3, -0.25) is 0 Å². The summed E-state index contributed by atoms with van der Waals surface area (Å²) in [6, 6.07) is 15.7. The van der Waals surface area contributed by atoms with Crippen molar-refractivity contribution in [3.8, 4) is 0 Å². The Hall–Kier alpha value is -3.47. The predicted molar refractivity (Wildman–Crippen MR) is 115 cm³/mol. The number of hydrogen-bond donors (Lipinski definition) is 0. The van der Waals surface area contributed by atoms with Crippen LogP contribution in [0.5, 0.6) is 0 Å². The smallest absolute Gasteiger partial charge is 0.236 e. The zero-order valence-electron chi connectivity index (χ0n) is 16.4. The van der Waals surface area contributed by atoms with E-state index in [9.17, 15) is 0 Å². The Balaban J connectivity index is 1.51. The van der Waals surface area contributed by atoms with E-state index in [4.69, 9.17) is 14.5 Å². The number of ether oxygens (including phenoxy) is 2. The molecule has 0 aliphatic carbocycles. The fraction of sp³-hybridized carbons (Fsp3) is 0.208. The molecule has 0 spiro atoms. The van der Waals surface area contributed by atoms with Crippen molar-refractivity contribution in [1.29, 1.82) is 0 Å². The Bertz CT molecular complexity index is 1010. The SMILES string of the molecule is C=C(/C=C\C=C/C)[C@H]1COC(c2cccc(C3=N[C@@H](c4ccccc4)CO3)n2)=N1. The molecule has 0 fully saturated rings. The van der Waals surface area contributed by atoms with Gasteiger partial charge in [-0.25, -0.2) is 15.0 Å². The van der Waals surface area contributed by atoms with E-state index in [2.05, 4.69) is 28.7 Å². The number of aromatic nitrogens is 1. The maximum atomic E-state index is 5.82. The first-order chi connectivity index (χ1) is 14.2. The van der Waals surface area contributed by atoms with Crippen molar-refractivity contribution in [1.82, 2.24) is 4.98 Å². The van der Waals surface area contributed by atoms with Crippen LogP contribution in [0, 0.1) is 0 Å². The number of allylic oxidation sites excluding steroid dienone is 3. The van der Waals surface area contributed by atoms with Crippen molar-refractivity contribution in [3.63, 3.8) is 0 Å². The molecule has 5 nitrogen and oxygen atoms in total. The molecule has 1 aromatic carbocycles. The van der Waals surface area contributed by atoms with Gasteiger partial charge in [-0.15, -0.1) is 0 Å². The zero-order valence-corrected chi connectivity index (χ0v) is 16.4. The lowest BCUT2D eigenvalue weighted by Crippen LogP contribution is -2.10. The molecule has 0 bridgehead atoms. The Labute approximate surface area is 170 Å². The first kappa shape index (κ1) is 18.9. The molecule has 5 heteroatoms. The van der Waals surface area contributed by atoms with Crippen LogP contribution < -0.4 is 0 Å². The van der Waals surface area contributed by atoms with E-state index in [1.54, 1.807) is 0 Å². The second kappa shape index (κ2) is 8.69. The summed E-state index contributed by atoms with van der Waals surface area (Å²) in [5, 5.41) is 0. The van der Waals surface area contributed by atoms with E-state index in [0.29, 0.717) is 36.4 Å². The monoisotopic (exact) mass is 385 g/mol. The summed E-state index contributed by atoms with van der Waals surface area (Å²) in [4.78, 5) is 14.0. The number of hydrogen-bond acceptors (Lipinski definition) is 5. The van der Waals surface area contributed by atoms with Crippen molar-refractivity contribution in [3.05, 3.63) is 102 Å². The molecule has 3 heterocycles. The number of nitrogens with zero attached hydrogens (tertiary/aromatic N) is 3. The molecular formula is C24H23N3O2. The van der Waals surface area contributed by atoms with E-state index < -0.39 is 0 Å². The molecule has 0 N–H and O–H groups in total. The molecular weight excluding hydrogens is 362 g/mol. The number of aliphatic imine (C=N–C) groups is 2. The van der Waals surface area contributed by atoms with E-state index in [1.165, 1.54) is 0 Å². The molecule has 2 atom stereocenters. The highest BCUT2D eigenvalue weighted by Crippen LogP contribution is 2.25. The maximum Gasteiger partial charge on any atom is 0.236 e. The van der Waals surface area contributed by atoms with Crippen molar-refractivity contribution in [2.75, 3.05) is 13.2 Å². The molecule has 0 radical (unpaired) electrons. The molecule has 29 heavy (non-hydrogen) atoms. The van der Waals surface area contributed by atoms with Gasteiger partial charge < -0.3 is 9.47 Å². The Morgan fingerprint density at radius 2 is 1.66 bits per heavy atom. The lowest BCUT2D eigenvalue weighted by Gasteiger charge is -2.04. The van der Waals surface area contributed by atoms with Gasteiger partial charge in [0, 0.05) is 0 Å². The first-order valence-electron chi connectivity index (χ1n) is 9.66. The van der Waals surface area contributed by atoms with Gasteiger partial charge in [-0.1, -0.05) is 67.3 Å². The topological polar surface area (TPSA) is 56.1 Å². The minimum atomic E-state index is -0.0977. The molecule has 146 valence electrons. The summed E-state index contributed by atoms with van der Waals surface area (Å²) in [7, 11) is 0. The van der Waals surface area contributed by atoms with Gasteiger partial charge in [-0.2, -0.15) is 0 Å². The van der Waals surface area contributed by atoms with Gasteiger partial charge in [0.2, 0.25) is 11.8 Å². The van der Waals surface area contributed by atoms with Crippen molar-refractivity contribution in [2.24, 2.45) is 9.98 Å². The second-order valence-electron chi connectivity index (χ2n) is 6.80. The highest BCUT2D eigenvalue weighted by atomic mass is 16.5. The number of rotatable bonds is 6. The van der Waals surface area contributed by atoms with Gasteiger partial charge in [0.1, 0.15) is 36.7 Å². The molecule has 2 aliphatic rings. The van der Waals surface area contributed by atoms with Crippen LogP contribution >= 0.6 is 0 Å². The fourth-order valence-corrected chi connectivity index (χ4v) is 3.14. The molecule has 4 rings (SSSR count). The third-order valence-electron chi connectivity index (χ3n) is 4.72. The highest BCUT2D eigenvalue weighted by molar-refractivity contribution is 5.97. The first-order valence-corrected chi connectivity index (χ1v) is 9.66. The average molecular weight is 385 g/mol. The normalized spacial score (nSPS) is 21.1. The minimum absolute atomic E-state index is 0.00612. The second-order valence-corrected chi connectivity index (χ2v) is 6.80. The van der Waals surface area contributed by atoms with Crippen LogP contribution in [0.15, 0.2) is 95.0 Å². The standard InChI is InChI=1S/C24H23N3O2/c1-3-4-6-10-17(2)21-15-28-23(26-21)19-13-9-14-20(25-19)24-27-22(16-29-24)18-11-7-5-8-12-18/h3-14,21-22H,2,15-16H2,1H3/b4-3-,10-6-/t21-,22-/m1/s1. The molecule has 2 aromatic rings. The molecule has 0 unspecified atom stereocenters. The van der Waals surface area contributed by atoms with Crippen molar-refractivity contribution < 1.29 is 9.47 Å². The third kappa shape index (κ3) is 4.35. The lowest BCUT2D eigenvalue weighted by molar-refractivity contribution is 0.318. The molecule has 2 aliphatic heterocycles. The highest BCUT2D eigenvalue weighted by Gasteiger charge is 2.25. The lowest BCUT2D eigenvalue weighted by atomic mass is 10.1. The fourth-order valence-electron chi connectivity index (χ4n) is 3.14. The Morgan fingerprint density at radius 1 is 0.931 bits per heavy atom. The van der Waals surface area contributed by atoms with Crippen LogP contribution in [0.3, 0.4) is 0 Å². The van der Waals surface area contributed by atoms with Gasteiger partial charge >= 0.3 is 0 Å². The van der Waals surface area contributed by atoms with E-state index >= 15 is 0 Å². The molecule has 0 saturated heterocycles. The largest absolute Gasteiger partial charge is 0.474 e. The summed E-state index contributed by atoms with van der Waals surface area (Å²) in [5.41, 5.74) is 3.39. The average Bonchev–Trinajstić information content (AvgIpc) is 3.45. The van der Waals surface area contributed by atoms with Crippen molar-refractivity contribution in [2.45, 2.75) is 19.0 Å².